The lowest BCUT2D eigenvalue weighted by Gasteiger charge is -2.34. The van der Waals surface area contributed by atoms with Crippen molar-refractivity contribution in [2.24, 2.45) is 11.1 Å². The average Bonchev–Trinajstić information content (AvgIpc) is 2.90. The van der Waals surface area contributed by atoms with E-state index in [1.807, 2.05) is 42.5 Å². The lowest BCUT2D eigenvalue weighted by molar-refractivity contribution is -0.147. The molecule has 0 aliphatic carbocycles. The van der Waals surface area contributed by atoms with Crippen LogP contribution in [0.4, 0.5) is 0 Å². The average molecular weight is 564 g/mol. The van der Waals surface area contributed by atoms with E-state index in [2.05, 4.69) is 17.0 Å². The Morgan fingerprint density at radius 3 is 2.45 bits per heavy atom. The first-order valence-electron chi connectivity index (χ1n) is 13.6. The molecule has 0 saturated carbocycles. The van der Waals surface area contributed by atoms with Crippen LogP contribution >= 0.6 is 23.2 Å². The van der Waals surface area contributed by atoms with Crippen LogP contribution in [0.25, 0.3) is 0 Å². The summed E-state index contributed by atoms with van der Waals surface area (Å²) < 4.78 is 11.7. The lowest BCUT2D eigenvalue weighted by atomic mass is 9.97. The zero-order valence-electron chi connectivity index (χ0n) is 22.8. The fourth-order valence-electron chi connectivity index (χ4n) is 4.79. The number of hydrogen-bond donors (Lipinski definition) is 0. The van der Waals surface area contributed by atoms with Gasteiger partial charge in [0, 0.05) is 29.6 Å². The van der Waals surface area contributed by atoms with E-state index < -0.39 is 0 Å². The van der Waals surface area contributed by atoms with Gasteiger partial charge in [-0.2, -0.15) is 0 Å². The van der Waals surface area contributed by atoms with Gasteiger partial charge in [0.1, 0.15) is 24.7 Å². The summed E-state index contributed by atoms with van der Waals surface area (Å²) in [7, 11) is 1.51. The Hall–Kier alpha value is -2.28. The molecule has 38 heavy (non-hydrogen) atoms. The van der Waals surface area contributed by atoms with Crippen LogP contribution in [0.3, 0.4) is 0 Å². The van der Waals surface area contributed by atoms with Gasteiger partial charge in [-0.15, -0.1) is 0 Å². The third-order valence-corrected chi connectivity index (χ3v) is 7.43. The van der Waals surface area contributed by atoms with Gasteiger partial charge < -0.3 is 14.3 Å². The fourth-order valence-corrected chi connectivity index (χ4v) is 5.18. The van der Waals surface area contributed by atoms with Gasteiger partial charge in [0.2, 0.25) is 0 Å². The van der Waals surface area contributed by atoms with Crippen LogP contribution in [0, 0.1) is 5.92 Å². The van der Waals surface area contributed by atoms with Crippen molar-refractivity contribution in [3.8, 4) is 5.75 Å². The van der Waals surface area contributed by atoms with Crippen LogP contribution in [0.15, 0.2) is 47.6 Å². The number of oxime groups is 1. The van der Waals surface area contributed by atoms with Crippen molar-refractivity contribution < 1.29 is 19.1 Å². The number of carbonyl (C=O) groups is 1. The molecule has 1 atom stereocenters. The molecule has 0 unspecified atom stereocenters. The molecule has 2 aromatic carbocycles. The SMILES string of the molecule is CCCCCC[C@H](CN1CCC(COc2ccc(/C(=N/OC)c3ccc(Cl)cc3)c(Cl)c2)CC1)OC(C)=O. The molecule has 0 bridgehead atoms. The van der Waals surface area contributed by atoms with Crippen molar-refractivity contribution in [3.05, 3.63) is 63.6 Å². The number of hydrogen-bond acceptors (Lipinski definition) is 6. The number of halogens is 2. The van der Waals surface area contributed by atoms with Crippen LogP contribution < -0.4 is 4.74 Å². The lowest BCUT2D eigenvalue weighted by Crippen LogP contribution is -2.41. The maximum Gasteiger partial charge on any atom is 0.302 e. The van der Waals surface area contributed by atoms with E-state index in [4.69, 9.17) is 37.5 Å². The van der Waals surface area contributed by atoms with Crippen LogP contribution in [0.1, 0.15) is 69.9 Å². The van der Waals surface area contributed by atoms with Gasteiger partial charge in [0.25, 0.3) is 0 Å². The van der Waals surface area contributed by atoms with Crippen molar-refractivity contribution in [3.63, 3.8) is 0 Å². The van der Waals surface area contributed by atoms with Crippen LogP contribution in [0.2, 0.25) is 10.0 Å². The summed E-state index contributed by atoms with van der Waals surface area (Å²) in [6.45, 7) is 7.14. The zero-order chi connectivity index (χ0) is 27.3. The highest BCUT2D eigenvalue weighted by Gasteiger charge is 2.23. The molecular formula is C30H40Cl2N2O4. The van der Waals surface area contributed by atoms with E-state index in [-0.39, 0.29) is 12.1 Å². The Morgan fingerprint density at radius 2 is 1.82 bits per heavy atom. The summed E-state index contributed by atoms with van der Waals surface area (Å²) in [6, 6.07) is 13.0. The molecule has 2 aromatic rings. The quantitative estimate of drug-likeness (QED) is 0.104. The normalized spacial score (nSPS) is 15.8. The number of piperidine rings is 1. The number of rotatable bonds is 14. The second-order valence-corrected chi connectivity index (χ2v) is 10.8. The second kappa shape index (κ2) is 16.0. The van der Waals surface area contributed by atoms with Crippen molar-refractivity contribution in [1.29, 1.82) is 0 Å². The van der Waals surface area contributed by atoms with Crippen molar-refractivity contribution in [2.75, 3.05) is 33.4 Å². The van der Waals surface area contributed by atoms with Gasteiger partial charge in [-0.1, -0.05) is 66.7 Å². The predicted molar refractivity (Wildman–Crippen MR) is 155 cm³/mol. The molecule has 1 heterocycles. The van der Waals surface area contributed by atoms with Gasteiger partial charge in [0.15, 0.2) is 0 Å². The molecule has 0 N–H and O–H groups in total. The molecule has 6 nitrogen and oxygen atoms in total. The highest BCUT2D eigenvalue weighted by Crippen LogP contribution is 2.27. The van der Waals surface area contributed by atoms with Crippen molar-refractivity contribution >= 4 is 34.9 Å². The smallest absolute Gasteiger partial charge is 0.302 e. The van der Waals surface area contributed by atoms with E-state index in [0.29, 0.717) is 28.3 Å². The first-order chi connectivity index (χ1) is 18.4. The van der Waals surface area contributed by atoms with Crippen LogP contribution in [-0.2, 0) is 14.4 Å². The van der Waals surface area contributed by atoms with Gasteiger partial charge >= 0.3 is 5.97 Å². The summed E-state index contributed by atoms with van der Waals surface area (Å²) in [4.78, 5) is 19.1. The standard InChI is InChI=1S/C30H40Cl2N2O4/c1-4-5-6-7-8-27(38-22(2)35)20-34-17-15-23(16-18-34)21-37-26-13-14-28(29(32)19-26)30(33-36-3)24-9-11-25(31)12-10-24/h9-14,19,23,27H,4-8,15-18,20-21H2,1-3H3/b33-30+/t27-/m1/s1. The number of likely N-dealkylation sites (tertiary alicyclic amines) is 1. The number of nitrogens with zero attached hydrogens (tertiary/aromatic N) is 2. The van der Waals surface area contributed by atoms with E-state index in [1.54, 1.807) is 0 Å². The molecule has 0 radical (unpaired) electrons. The van der Waals surface area contributed by atoms with E-state index in [0.717, 1.165) is 62.2 Å². The summed E-state index contributed by atoms with van der Waals surface area (Å²) in [5, 5.41) is 5.38. The monoisotopic (exact) mass is 562 g/mol. The number of benzene rings is 2. The number of esters is 1. The maximum absolute atomic E-state index is 11.6. The minimum atomic E-state index is -0.188. The molecular weight excluding hydrogens is 523 g/mol. The Bertz CT molecular complexity index is 1040. The number of ether oxygens (including phenoxy) is 2. The van der Waals surface area contributed by atoms with Gasteiger partial charge in [0.05, 0.1) is 11.6 Å². The molecule has 1 aliphatic rings. The minimum Gasteiger partial charge on any atom is -0.493 e. The topological polar surface area (TPSA) is 60.4 Å². The van der Waals surface area contributed by atoms with E-state index in [1.165, 1.54) is 33.3 Å². The van der Waals surface area contributed by atoms with Crippen molar-refractivity contribution in [1.82, 2.24) is 4.90 Å². The van der Waals surface area contributed by atoms with Crippen LogP contribution in [0.5, 0.6) is 5.75 Å². The second-order valence-electron chi connectivity index (χ2n) is 9.91. The Labute approximate surface area is 237 Å². The van der Waals surface area contributed by atoms with E-state index >= 15 is 0 Å². The first-order valence-corrected chi connectivity index (χ1v) is 14.3. The molecule has 208 valence electrons. The Morgan fingerprint density at radius 1 is 1.08 bits per heavy atom. The third kappa shape index (κ3) is 9.79. The Kier molecular flexibility index (Phi) is 12.7. The molecule has 3 rings (SSSR count). The molecule has 1 fully saturated rings. The Balaban J connectivity index is 1.50. The molecule has 0 amide bonds. The highest BCUT2D eigenvalue weighted by molar-refractivity contribution is 6.35. The van der Waals surface area contributed by atoms with E-state index in [9.17, 15) is 4.79 Å². The summed E-state index contributed by atoms with van der Waals surface area (Å²) >= 11 is 12.7. The number of unbranched alkanes of at least 4 members (excludes halogenated alkanes) is 3. The minimum absolute atomic E-state index is 0.0165. The van der Waals surface area contributed by atoms with Gasteiger partial charge in [-0.05, 0) is 75.0 Å². The number of carbonyl (C=O) groups excluding carboxylic acids is 1. The molecule has 1 saturated heterocycles. The maximum atomic E-state index is 11.6. The highest BCUT2D eigenvalue weighted by atomic mass is 35.5. The predicted octanol–water partition coefficient (Wildman–Crippen LogP) is 7.39. The fraction of sp³-hybridized carbons (Fsp3) is 0.533. The van der Waals surface area contributed by atoms with Gasteiger partial charge in [-0.3, -0.25) is 9.69 Å². The van der Waals surface area contributed by atoms with Crippen molar-refractivity contribution in [2.45, 2.75) is 64.9 Å². The first kappa shape index (κ1) is 30.3. The summed E-state index contributed by atoms with van der Waals surface area (Å²) in [6.07, 6.45) is 7.76. The van der Waals surface area contributed by atoms with Crippen LogP contribution in [-0.4, -0.2) is 56.0 Å². The molecule has 0 spiro atoms. The third-order valence-electron chi connectivity index (χ3n) is 6.86. The molecule has 8 heteroatoms. The summed E-state index contributed by atoms with van der Waals surface area (Å²) in [5.41, 5.74) is 2.24. The molecule has 1 aliphatic heterocycles. The van der Waals surface area contributed by atoms with Gasteiger partial charge in [-0.25, -0.2) is 0 Å². The zero-order valence-corrected chi connectivity index (χ0v) is 24.3. The largest absolute Gasteiger partial charge is 0.493 e. The summed E-state index contributed by atoms with van der Waals surface area (Å²) in [5.74, 6) is 1.02. The molecule has 0 aromatic heterocycles.